The van der Waals surface area contributed by atoms with E-state index in [2.05, 4.69) is 10.1 Å². The van der Waals surface area contributed by atoms with Gasteiger partial charge < -0.3 is 15.2 Å². The van der Waals surface area contributed by atoms with Gasteiger partial charge in [0.2, 0.25) is 0 Å². The molecule has 1 aromatic rings. The highest BCUT2D eigenvalue weighted by Crippen LogP contribution is 2.18. The zero-order chi connectivity index (χ0) is 15.1. The van der Waals surface area contributed by atoms with Crippen LogP contribution in [0, 0.1) is 5.82 Å². The van der Waals surface area contributed by atoms with Gasteiger partial charge in [-0.2, -0.15) is 0 Å². The van der Waals surface area contributed by atoms with Gasteiger partial charge in [0.25, 0.3) is 5.91 Å². The van der Waals surface area contributed by atoms with E-state index >= 15 is 0 Å². The molecule has 7 nitrogen and oxygen atoms in total. The Morgan fingerprint density at radius 2 is 2.00 bits per heavy atom. The molecule has 20 heavy (non-hydrogen) atoms. The molecule has 0 atom stereocenters. The van der Waals surface area contributed by atoms with E-state index in [1.165, 1.54) is 12.1 Å². The Balaban J connectivity index is 2.41. The van der Waals surface area contributed by atoms with E-state index in [1.807, 2.05) is 5.32 Å². The van der Waals surface area contributed by atoms with Crippen molar-refractivity contribution in [3.63, 3.8) is 0 Å². The van der Waals surface area contributed by atoms with E-state index in [-0.39, 0.29) is 10.7 Å². The van der Waals surface area contributed by atoms with Crippen molar-refractivity contribution in [1.82, 2.24) is 5.32 Å². The number of carbonyl (C=O) groups is 3. The van der Waals surface area contributed by atoms with Crippen LogP contribution in [0.3, 0.4) is 0 Å². The minimum atomic E-state index is -1.24. The normalized spacial score (nSPS) is 9.90. The number of anilines is 1. The Morgan fingerprint density at radius 1 is 1.30 bits per heavy atom. The van der Waals surface area contributed by atoms with Crippen LogP contribution in [0.2, 0.25) is 5.02 Å². The maximum absolute atomic E-state index is 13.1. The van der Waals surface area contributed by atoms with Crippen LogP contribution >= 0.6 is 11.6 Å². The average Bonchev–Trinajstić information content (AvgIpc) is 2.33. The summed E-state index contributed by atoms with van der Waals surface area (Å²) in [5.41, 5.74) is 0.101. The van der Waals surface area contributed by atoms with E-state index in [1.54, 1.807) is 0 Å². The zero-order valence-corrected chi connectivity index (χ0v) is 10.7. The second-order valence-corrected chi connectivity index (χ2v) is 3.92. The predicted octanol–water partition coefficient (Wildman–Crippen LogP) is 1.23. The first-order valence-electron chi connectivity index (χ1n) is 5.24. The fourth-order valence-corrected chi connectivity index (χ4v) is 1.25. The molecular formula is C11H10ClFN2O5. The molecule has 0 spiro atoms. The lowest BCUT2D eigenvalue weighted by atomic mass is 10.3. The summed E-state index contributed by atoms with van der Waals surface area (Å²) in [5.74, 6) is -2.79. The molecule has 3 amide bonds. The number of ether oxygens (including phenoxy) is 1. The summed E-state index contributed by atoms with van der Waals surface area (Å²) < 4.78 is 17.6. The Labute approximate surface area is 117 Å². The predicted molar refractivity (Wildman–Crippen MR) is 67.0 cm³/mol. The number of hydrogen-bond acceptors (Lipinski definition) is 4. The minimum absolute atomic E-state index is 0.101. The number of carbonyl (C=O) groups excluding carboxylic acids is 2. The number of aliphatic carboxylic acids is 1. The lowest BCUT2D eigenvalue weighted by Crippen LogP contribution is -2.37. The van der Waals surface area contributed by atoms with Crippen molar-refractivity contribution in [1.29, 1.82) is 0 Å². The molecule has 9 heteroatoms. The highest BCUT2D eigenvalue weighted by atomic mass is 35.5. The van der Waals surface area contributed by atoms with Gasteiger partial charge in [0.1, 0.15) is 19.0 Å². The van der Waals surface area contributed by atoms with Crippen molar-refractivity contribution in [3.05, 3.63) is 29.0 Å². The van der Waals surface area contributed by atoms with Crippen molar-refractivity contribution in [3.8, 4) is 0 Å². The Kier molecular flexibility index (Phi) is 5.88. The fourth-order valence-electron chi connectivity index (χ4n) is 1.13. The molecule has 0 bridgehead atoms. The molecule has 0 aliphatic heterocycles. The van der Waals surface area contributed by atoms with Crippen molar-refractivity contribution < 1.29 is 28.6 Å². The van der Waals surface area contributed by atoms with Crippen molar-refractivity contribution in [2.75, 3.05) is 18.5 Å². The van der Waals surface area contributed by atoms with Crippen LogP contribution in [0.1, 0.15) is 0 Å². The van der Waals surface area contributed by atoms with Gasteiger partial charge in [0.15, 0.2) is 0 Å². The maximum Gasteiger partial charge on any atom is 0.329 e. The first kappa shape index (κ1) is 15.9. The largest absolute Gasteiger partial charge is 0.480 e. The molecule has 3 N–H and O–H groups in total. The van der Waals surface area contributed by atoms with Crippen LogP contribution < -0.4 is 10.6 Å². The number of amides is 3. The van der Waals surface area contributed by atoms with E-state index in [0.717, 1.165) is 6.07 Å². The maximum atomic E-state index is 13.1. The van der Waals surface area contributed by atoms with Crippen molar-refractivity contribution in [2.45, 2.75) is 0 Å². The number of nitrogens with one attached hydrogen (secondary N) is 2. The molecule has 0 aliphatic carbocycles. The van der Waals surface area contributed by atoms with Crippen LogP contribution in [0.25, 0.3) is 0 Å². The molecule has 1 rings (SSSR count). The summed E-state index contributed by atoms with van der Waals surface area (Å²) in [4.78, 5) is 32.6. The zero-order valence-electron chi connectivity index (χ0n) is 9.98. The van der Waals surface area contributed by atoms with E-state index in [9.17, 15) is 18.8 Å². The van der Waals surface area contributed by atoms with Gasteiger partial charge in [-0.1, -0.05) is 11.6 Å². The first-order chi connectivity index (χ1) is 9.38. The standard InChI is InChI=1S/C11H10ClFN2O5/c12-7-2-1-6(3-8(7)13)14-11(19)15-9(16)4-20-5-10(17)18/h1-3H,4-5H2,(H,17,18)(H2,14,15,16,19). The monoisotopic (exact) mass is 304 g/mol. The summed E-state index contributed by atoms with van der Waals surface area (Å²) in [6.45, 7) is -1.24. The lowest BCUT2D eigenvalue weighted by molar-refractivity contribution is -0.143. The van der Waals surface area contributed by atoms with E-state index in [0.29, 0.717) is 0 Å². The summed E-state index contributed by atoms with van der Waals surface area (Å²) in [5, 5.41) is 12.2. The molecule has 0 aliphatic rings. The summed E-state index contributed by atoms with van der Waals surface area (Å²) in [7, 11) is 0. The number of hydrogen-bond donors (Lipinski definition) is 3. The van der Waals surface area contributed by atoms with Gasteiger partial charge in [-0.05, 0) is 18.2 Å². The second-order valence-electron chi connectivity index (χ2n) is 3.52. The molecule has 0 saturated heterocycles. The van der Waals surface area contributed by atoms with Crippen molar-refractivity contribution >= 4 is 35.2 Å². The highest BCUT2D eigenvalue weighted by Gasteiger charge is 2.10. The fraction of sp³-hybridized carbons (Fsp3) is 0.182. The molecule has 0 unspecified atom stereocenters. The van der Waals surface area contributed by atoms with E-state index < -0.39 is 36.9 Å². The Bertz CT molecular complexity index is 538. The van der Waals surface area contributed by atoms with Crippen LogP contribution in [0.15, 0.2) is 18.2 Å². The lowest BCUT2D eigenvalue weighted by Gasteiger charge is -2.07. The Morgan fingerprint density at radius 3 is 2.60 bits per heavy atom. The van der Waals surface area contributed by atoms with Crippen LogP contribution in [-0.4, -0.2) is 36.2 Å². The van der Waals surface area contributed by atoms with Crippen LogP contribution in [0.4, 0.5) is 14.9 Å². The molecule has 0 heterocycles. The summed E-state index contributed by atoms with van der Waals surface area (Å²) in [6.07, 6.45) is 0. The Hall–Kier alpha value is -2.19. The van der Waals surface area contributed by atoms with Gasteiger partial charge >= 0.3 is 12.0 Å². The van der Waals surface area contributed by atoms with Crippen LogP contribution in [-0.2, 0) is 14.3 Å². The van der Waals surface area contributed by atoms with Gasteiger partial charge in [-0.25, -0.2) is 14.0 Å². The average molecular weight is 305 g/mol. The SMILES string of the molecule is O=C(O)COCC(=O)NC(=O)Nc1ccc(Cl)c(F)c1. The molecule has 0 aromatic heterocycles. The molecule has 0 saturated carbocycles. The molecule has 0 radical (unpaired) electrons. The van der Waals surface area contributed by atoms with Gasteiger partial charge in [0, 0.05) is 5.69 Å². The van der Waals surface area contributed by atoms with Crippen molar-refractivity contribution in [2.24, 2.45) is 0 Å². The highest BCUT2D eigenvalue weighted by molar-refractivity contribution is 6.30. The van der Waals surface area contributed by atoms with Crippen LogP contribution in [0.5, 0.6) is 0 Å². The number of imide groups is 1. The number of rotatable bonds is 5. The summed E-state index contributed by atoms with van der Waals surface area (Å²) in [6, 6.07) is 2.66. The molecule has 0 fully saturated rings. The number of carboxylic acids is 1. The number of carboxylic acid groups (broad SMARTS) is 1. The molecule has 108 valence electrons. The number of halogens is 2. The smallest absolute Gasteiger partial charge is 0.329 e. The third-order valence-corrected chi connectivity index (χ3v) is 2.20. The minimum Gasteiger partial charge on any atom is -0.480 e. The molecule has 1 aromatic carbocycles. The second kappa shape index (κ2) is 7.41. The first-order valence-corrected chi connectivity index (χ1v) is 5.61. The third kappa shape index (κ3) is 5.63. The van der Waals surface area contributed by atoms with Gasteiger partial charge in [0.05, 0.1) is 5.02 Å². The summed E-state index contributed by atoms with van der Waals surface area (Å²) >= 11 is 5.46. The third-order valence-electron chi connectivity index (χ3n) is 1.89. The number of benzene rings is 1. The van der Waals surface area contributed by atoms with Gasteiger partial charge in [-0.3, -0.25) is 10.1 Å². The van der Waals surface area contributed by atoms with E-state index in [4.69, 9.17) is 16.7 Å². The number of urea groups is 1. The topological polar surface area (TPSA) is 105 Å². The quantitative estimate of drug-likeness (QED) is 0.759. The molecular weight excluding hydrogens is 295 g/mol. The van der Waals surface area contributed by atoms with Gasteiger partial charge in [-0.15, -0.1) is 0 Å².